The van der Waals surface area contributed by atoms with Crippen molar-refractivity contribution in [3.8, 4) is 6.07 Å². The van der Waals surface area contributed by atoms with E-state index in [9.17, 15) is 9.59 Å². The lowest BCUT2D eigenvalue weighted by molar-refractivity contribution is 0.168. The maximum absolute atomic E-state index is 13.0. The number of hydrogen-bond acceptors (Lipinski definition) is 4. The van der Waals surface area contributed by atoms with E-state index in [4.69, 9.17) is 5.26 Å². The average molecular weight is 389 g/mol. The van der Waals surface area contributed by atoms with Crippen LogP contribution in [0.15, 0.2) is 53.3 Å². The molecule has 0 aliphatic rings. The number of urea groups is 1. The topological polar surface area (TPSA) is 91.0 Å². The van der Waals surface area contributed by atoms with Crippen molar-refractivity contribution in [1.82, 2.24) is 14.5 Å². The zero-order valence-electron chi connectivity index (χ0n) is 16.9. The molecule has 2 aromatic carbocycles. The van der Waals surface area contributed by atoms with Crippen LogP contribution in [0.5, 0.6) is 0 Å². The Hall–Kier alpha value is -3.66. The van der Waals surface area contributed by atoms with Crippen LogP contribution < -0.4 is 10.9 Å². The van der Waals surface area contributed by atoms with Crippen molar-refractivity contribution < 1.29 is 4.79 Å². The maximum atomic E-state index is 13.0. The van der Waals surface area contributed by atoms with Gasteiger partial charge in [0.05, 0.1) is 28.6 Å². The molecule has 0 bridgehead atoms. The molecule has 0 aliphatic carbocycles. The van der Waals surface area contributed by atoms with E-state index >= 15 is 0 Å². The SMILES string of the molecule is CC(C)N(C(=O)Nc1cccc(C#N)c1)[C@H](C)c1nc2ccccc2c(=O)n1C. The van der Waals surface area contributed by atoms with Crippen molar-refractivity contribution in [2.45, 2.75) is 32.9 Å². The molecule has 2 amide bonds. The van der Waals surface area contributed by atoms with Gasteiger partial charge in [0, 0.05) is 18.8 Å². The lowest BCUT2D eigenvalue weighted by Gasteiger charge is -2.33. The number of aromatic nitrogens is 2. The van der Waals surface area contributed by atoms with Gasteiger partial charge in [-0.3, -0.25) is 9.36 Å². The third-order valence-electron chi connectivity index (χ3n) is 4.84. The molecular formula is C22H23N5O2. The Kier molecular flexibility index (Phi) is 5.64. The number of nitrogens with one attached hydrogen (secondary N) is 1. The molecule has 1 atom stereocenters. The highest BCUT2D eigenvalue weighted by molar-refractivity contribution is 5.90. The Labute approximate surface area is 169 Å². The number of fused-ring (bicyclic) bond motifs is 1. The molecule has 0 spiro atoms. The minimum Gasteiger partial charge on any atom is -0.312 e. The first-order chi connectivity index (χ1) is 13.8. The number of carbonyl (C=O) groups excluding carboxylic acids is 1. The molecule has 0 radical (unpaired) electrons. The first kappa shape index (κ1) is 20.1. The molecule has 3 rings (SSSR count). The number of hydrogen-bond donors (Lipinski definition) is 1. The number of carbonyl (C=O) groups is 1. The van der Waals surface area contributed by atoms with E-state index in [1.54, 1.807) is 54.4 Å². The van der Waals surface area contributed by atoms with Crippen molar-refractivity contribution in [2.24, 2.45) is 7.05 Å². The smallest absolute Gasteiger partial charge is 0.312 e. The van der Waals surface area contributed by atoms with Crippen LogP contribution in [0.1, 0.15) is 38.2 Å². The fourth-order valence-electron chi connectivity index (χ4n) is 3.45. The van der Waals surface area contributed by atoms with Gasteiger partial charge in [-0.1, -0.05) is 18.2 Å². The first-order valence-electron chi connectivity index (χ1n) is 9.38. The Morgan fingerprint density at radius 3 is 2.59 bits per heavy atom. The number of rotatable bonds is 4. The van der Waals surface area contributed by atoms with Gasteiger partial charge in [0.1, 0.15) is 5.82 Å². The summed E-state index contributed by atoms with van der Waals surface area (Å²) >= 11 is 0. The number of nitrogens with zero attached hydrogens (tertiary/aromatic N) is 4. The van der Waals surface area contributed by atoms with Gasteiger partial charge in [-0.15, -0.1) is 0 Å². The Morgan fingerprint density at radius 2 is 1.90 bits per heavy atom. The molecule has 1 aromatic heterocycles. The lowest BCUT2D eigenvalue weighted by atomic mass is 10.1. The number of amides is 2. The molecule has 0 fully saturated rings. The molecule has 7 heteroatoms. The minimum atomic E-state index is -0.448. The summed E-state index contributed by atoms with van der Waals surface area (Å²) in [5.74, 6) is 0.503. The predicted molar refractivity (Wildman–Crippen MR) is 113 cm³/mol. The molecule has 0 saturated carbocycles. The summed E-state index contributed by atoms with van der Waals surface area (Å²) in [6.45, 7) is 5.66. The van der Waals surface area contributed by atoms with Gasteiger partial charge < -0.3 is 10.2 Å². The van der Waals surface area contributed by atoms with E-state index < -0.39 is 6.04 Å². The van der Waals surface area contributed by atoms with Gasteiger partial charge >= 0.3 is 6.03 Å². The predicted octanol–water partition coefficient (Wildman–Crippen LogP) is 3.81. The second kappa shape index (κ2) is 8.15. The van der Waals surface area contributed by atoms with E-state index in [0.717, 1.165) is 0 Å². The van der Waals surface area contributed by atoms with Crippen LogP contribution in [-0.2, 0) is 7.05 Å². The van der Waals surface area contributed by atoms with Crippen molar-refractivity contribution in [3.05, 3.63) is 70.3 Å². The molecule has 29 heavy (non-hydrogen) atoms. The van der Waals surface area contributed by atoms with Gasteiger partial charge in [0.2, 0.25) is 0 Å². The number of anilines is 1. The first-order valence-corrected chi connectivity index (χ1v) is 9.38. The highest BCUT2D eigenvalue weighted by Crippen LogP contribution is 2.23. The normalized spacial score (nSPS) is 11.9. The quantitative estimate of drug-likeness (QED) is 0.734. The number of benzene rings is 2. The molecule has 0 aliphatic heterocycles. The summed E-state index contributed by atoms with van der Waals surface area (Å²) in [5, 5.41) is 12.4. The van der Waals surface area contributed by atoms with Gasteiger partial charge in [-0.2, -0.15) is 5.26 Å². The molecule has 148 valence electrons. The molecular weight excluding hydrogens is 366 g/mol. The Bertz CT molecular complexity index is 1160. The van der Waals surface area contributed by atoms with Crippen molar-refractivity contribution in [2.75, 3.05) is 5.32 Å². The fourth-order valence-corrected chi connectivity index (χ4v) is 3.45. The standard InChI is InChI=1S/C22H23N5O2/c1-14(2)27(22(29)24-17-9-7-8-16(12-17)13-23)15(3)20-25-19-11-6-5-10-18(19)21(28)26(20)4/h5-12,14-15H,1-4H3,(H,24,29)/t15-/m1/s1. The van der Waals surface area contributed by atoms with Crippen LogP contribution in [0.2, 0.25) is 0 Å². The summed E-state index contributed by atoms with van der Waals surface area (Å²) in [6, 6.07) is 15.0. The van der Waals surface area contributed by atoms with Crippen LogP contribution in [0.4, 0.5) is 10.5 Å². The van der Waals surface area contributed by atoms with E-state index in [1.807, 2.05) is 26.8 Å². The Morgan fingerprint density at radius 1 is 1.17 bits per heavy atom. The third-order valence-corrected chi connectivity index (χ3v) is 4.84. The van der Waals surface area contributed by atoms with E-state index in [1.165, 1.54) is 4.57 Å². The molecule has 7 nitrogen and oxygen atoms in total. The van der Waals surface area contributed by atoms with Crippen LogP contribution >= 0.6 is 0 Å². The van der Waals surface area contributed by atoms with Gasteiger partial charge in [-0.05, 0) is 51.1 Å². The second-order valence-electron chi connectivity index (χ2n) is 7.15. The largest absolute Gasteiger partial charge is 0.322 e. The van der Waals surface area contributed by atoms with Crippen molar-refractivity contribution >= 4 is 22.6 Å². The Balaban J connectivity index is 1.98. The number of para-hydroxylation sites is 1. The van der Waals surface area contributed by atoms with Crippen molar-refractivity contribution in [1.29, 1.82) is 5.26 Å². The summed E-state index contributed by atoms with van der Waals surface area (Å²) < 4.78 is 1.49. The highest BCUT2D eigenvalue weighted by Gasteiger charge is 2.27. The van der Waals surface area contributed by atoms with E-state index in [2.05, 4.69) is 16.4 Å². The third kappa shape index (κ3) is 3.97. The van der Waals surface area contributed by atoms with Crippen LogP contribution in [-0.4, -0.2) is 26.5 Å². The zero-order chi connectivity index (χ0) is 21.1. The van der Waals surface area contributed by atoms with Gasteiger partial charge in [-0.25, -0.2) is 9.78 Å². The minimum absolute atomic E-state index is 0.146. The summed E-state index contributed by atoms with van der Waals surface area (Å²) in [7, 11) is 1.67. The zero-order valence-corrected chi connectivity index (χ0v) is 16.9. The summed E-state index contributed by atoms with van der Waals surface area (Å²) in [5.41, 5.74) is 1.45. The lowest BCUT2D eigenvalue weighted by Crippen LogP contribution is -2.43. The average Bonchev–Trinajstić information content (AvgIpc) is 2.70. The second-order valence-corrected chi connectivity index (χ2v) is 7.15. The highest BCUT2D eigenvalue weighted by atomic mass is 16.2. The molecule has 1 heterocycles. The summed E-state index contributed by atoms with van der Waals surface area (Å²) in [6.07, 6.45) is 0. The summed E-state index contributed by atoms with van der Waals surface area (Å²) in [4.78, 5) is 32.1. The van der Waals surface area contributed by atoms with Crippen LogP contribution in [0.25, 0.3) is 10.9 Å². The molecule has 0 saturated heterocycles. The van der Waals surface area contributed by atoms with E-state index in [0.29, 0.717) is 28.0 Å². The fraction of sp³-hybridized carbons (Fsp3) is 0.273. The van der Waals surface area contributed by atoms with Crippen LogP contribution in [0, 0.1) is 11.3 Å². The van der Waals surface area contributed by atoms with Gasteiger partial charge in [0.15, 0.2) is 0 Å². The van der Waals surface area contributed by atoms with Gasteiger partial charge in [0.25, 0.3) is 5.56 Å². The van der Waals surface area contributed by atoms with Crippen LogP contribution in [0.3, 0.4) is 0 Å². The van der Waals surface area contributed by atoms with Crippen molar-refractivity contribution in [3.63, 3.8) is 0 Å². The number of nitriles is 1. The van der Waals surface area contributed by atoms with E-state index in [-0.39, 0.29) is 17.6 Å². The maximum Gasteiger partial charge on any atom is 0.322 e. The monoisotopic (exact) mass is 389 g/mol. The molecule has 3 aromatic rings. The molecule has 1 N–H and O–H groups in total. The molecule has 0 unspecified atom stereocenters.